The van der Waals surface area contributed by atoms with Crippen LogP contribution < -0.4 is 5.30 Å². The van der Waals surface area contributed by atoms with Crippen LogP contribution in [-0.4, -0.2) is 10.7 Å². The van der Waals surface area contributed by atoms with Crippen molar-refractivity contribution in [2.75, 3.05) is 0 Å². The molecule has 0 heterocycles. The van der Waals surface area contributed by atoms with E-state index in [0.29, 0.717) is 17.5 Å². The van der Waals surface area contributed by atoms with Gasteiger partial charge in [0.25, 0.3) is 0 Å². The first-order valence-corrected chi connectivity index (χ1v) is 8.48. The molecule has 114 valence electrons. The Hall–Kier alpha value is -1.83. The van der Waals surface area contributed by atoms with Gasteiger partial charge in [-0.25, -0.2) is 0 Å². The molecular formula is C18H20O3P+. The minimum atomic E-state index is -2.56. The molecule has 0 aliphatic carbocycles. The maximum absolute atomic E-state index is 13.1. The van der Waals surface area contributed by atoms with E-state index >= 15 is 0 Å². The fourth-order valence-electron chi connectivity index (χ4n) is 2.97. The standard InChI is InChI=1S/C18H19O3P/c1-5-14-7-6-8-15(22(20)21)17(14)18(19)16-12(3)9-11(2)10-13(16)4/h6-10H,5H2,1-4H3/p+1. The molecule has 0 amide bonds. The lowest BCUT2D eigenvalue weighted by Crippen LogP contribution is -2.18. The average molecular weight is 315 g/mol. The molecule has 0 aliphatic rings. The quantitative estimate of drug-likeness (QED) is 0.690. The van der Waals surface area contributed by atoms with E-state index < -0.39 is 8.03 Å². The molecule has 2 rings (SSSR count). The van der Waals surface area contributed by atoms with Crippen molar-refractivity contribution in [1.29, 1.82) is 0 Å². The van der Waals surface area contributed by atoms with Crippen LogP contribution >= 0.6 is 8.03 Å². The molecule has 1 N–H and O–H groups in total. The van der Waals surface area contributed by atoms with Gasteiger partial charge >= 0.3 is 8.03 Å². The van der Waals surface area contributed by atoms with Gasteiger partial charge in [-0.05, 0) is 54.5 Å². The lowest BCUT2D eigenvalue weighted by atomic mass is 9.90. The molecule has 4 heteroatoms. The maximum Gasteiger partial charge on any atom is 0.546 e. The summed E-state index contributed by atoms with van der Waals surface area (Å²) in [6, 6.07) is 9.06. The van der Waals surface area contributed by atoms with E-state index in [2.05, 4.69) is 0 Å². The van der Waals surface area contributed by atoms with Gasteiger partial charge < -0.3 is 0 Å². The second-order valence-corrected chi connectivity index (χ2v) is 6.57. The third-order valence-corrected chi connectivity index (χ3v) is 4.63. The van der Waals surface area contributed by atoms with Crippen LogP contribution in [-0.2, 0) is 11.0 Å². The lowest BCUT2D eigenvalue weighted by molar-refractivity contribution is 0.103. The Bertz CT molecular complexity index is 740. The number of ketones is 1. The summed E-state index contributed by atoms with van der Waals surface area (Å²) in [5.41, 5.74) is 4.70. The van der Waals surface area contributed by atoms with Crippen molar-refractivity contribution in [2.24, 2.45) is 0 Å². The molecule has 2 aromatic rings. The number of carbonyl (C=O) groups excluding carboxylic acids is 1. The molecule has 2 aromatic carbocycles. The van der Waals surface area contributed by atoms with E-state index in [-0.39, 0.29) is 11.1 Å². The summed E-state index contributed by atoms with van der Waals surface area (Å²) in [6.45, 7) is 7.74. The Morgan fingerprint density at radius 3 is 2.18 bits per heavy atom. The number of hydrogen-bond acceptors (Lipinski definition) is 2. The fraction of sp³-hybridized carbons (Fsp3) is 0.278. The molecule has 3 nitrogen and oxygen atoms in total. The zero-order valence-electron chi connectivity index (χ0n) is 13.3. The summed E-state index contributed by atoms with van der Waals surface area (Å²) in [5, 5.41) is 0.221. The highest BCUT2D eigenvalue weighted by Crippen LogP contribution is 2.26. The predicted octanol–water partition coefficient (Wildman–Crippen LogP) is 3.77. The van der Waals surface area contributed by atoms with E-state index in [1.807, 2.05) is 45.9 Å². The monoisotopic (exact) mass is 315 g/mol. The van der Waals surface area contributed by atoms with E-state index in [9.17, 15) is 14.3 Å². The van der Waals surface area contributed by atoms with Crippen molar-refractivity contribution in [3.05, 3.63) is 63.7 Å². The highest BCUT2D eigenvalue weighted by Gasteiger charge is 2.30. The van der Waals surface area contributed by atoms with Gasteiger partial charge in [0.1, 0.15) is 0 Å². The van der Waals surface area contributed by atoms with Crippen LogP contribution in [0, 0.1) is 20.8 Å². The first-order chi connectivity index (χ1) is 10.4. The molecular weight excluding hydrogens is 295 g/mol. The molecule has 22 heavy (non-hydrogen) atoms. The highest BCUT2D eigenvalue weighted by atomic mass is 31.1. The molecule has 0 radical (unpaired) electrons. The summed E-state index contributed by atoms with van der Waals surface area (Å²) in [5.74, 6) is -0.167. The van der Waals surface area contributed by atoms with Crippen LogP contribution in [0.2, 0.25) is 0 Å². The second kappa shape index (κ2) is 6.51. The molecule has 0 spiro atoms. The number of benzene rings is 2. The Kier molecular flexibility index (Phi) is 4.90. The summed E-state index contributed by atoms with van der Waals surface area (Å²) in [4.78, 5) is 22.6. The normalized spacial score (nSPS) is 11.4. The average Bonchev–Trinajstić information content (AvgIpc) is 2.44. The van der Waals surface area contributed by atoms with Gasteiger partial charge in [0.2, 0.25) is 5.30 Å². The smallest absolute Gasteiger partial charge is 0.288 e. The van der Waals surface area contributed by atoms with Crippen LogP contribution in [0.15, 0.2) is 30.3 Å². The van der Waals surface area contributed by atoms with Crippen LogP contribution in [0.4, 0.5) is 0 Å². The van der Waals surface area contributed by atoms with Crippen molar-refractivity contribution < 1.29 is 14.3 Å². The minimum absolute atomic E-state index is 0.167. The van der Waals surface area contributed by atoms with Gasteiger partial charge in [0, 0.05) is 5.56 Å². The zero-order chi connectivity index (χ0) is 16.4. The molecule has 0 saturated carbocycles. The Morgan fingerprint density at radius 1 is 1.09 bits per heavy atom. The van der Waals surface area contributed by atoms with Crippen LogP contribution in [0.5, 0.6) is 0 Å². The van der Waals surface area contributed by atoms with Crippen molar-refractivity contribution in [3.63, 3.8) is 0 Å². The summed E-state index contributed by atoms with van der Waals surface area (Å²) < 4.78 is 11.6. The van der Waals surface area contributed by atoms with Crippen molar-refractivity contribution >= 4 is 19.1 Å². The fourth-order valence-corrected chi connectivity index (χ4v) is 3.62. The van der Waals surface area contributed by atoms with Crippen LogP contribution in [0.3, 0.4) is 0 Å². The Labute approximate surface area is 131 Å². The van der Waals surface area contributed by atoms with Gasteiger partial charge in [0.05, 0.1) is 5.56 Å². The van der Waals surface area contributed by atoms with Gasteiger partial charge in [-0.1, -0.05) is 36.8 Å². The largest absolute Gasteiger partial charge is 0.546 e. The van der Waals surface area contributed by atoms with E-state index in [1.165, 1.54) is 0 Å². The third-order valence-electron chi connectivity index (χ3n) is 3.85. The summed E-state index contributed by atoms with van der Waals surface area (Å²) in [6.07, 6.45) is 0.641. The number of rotatable bonds is 4. The van der Waals surface area contributed by atoms with Gasteiger partial charge in [-0.15, -0.1) is 0 Å². The molecule has 0 aromatic heterocycles. The number of hydrogen-bond donors (Lipinski definition) is 1. The van der Waals surface area contributed by atoms with E-state index in [1.54, 1.807) is 12.1 Å². The number of aryl methyl sites for hydroxylation is 4. The maximum atomic E-state index is 13.1. The van der Waals surface area contributed by atoms with E-state index in [4.69, 9.17) is 0 Å². The Balaban J connectivity index is 2.72. The van der Waals surface area contributed by atoms with Crippen molar-refractivity contribution in [3.8, 4) is 0 Å². The molecule has 1 unspecified atom stereocenters. The number of carbonyl (C=O) groups is 1. The van der Waals surface area contributed by atoms with Crippen LogP contribution in [0.25, 0.3) is 0 Å². The summed E-state index contributed by atoms with van der Waals surface area (Å²) in [7, 11) is -2.56. The van der Waals surface area contributed by atoms with Crippen molar-refractivity contribution in [2.45, 2.75) is 34.1 Å². The molecule has 1 atom stereocenters. The molecule has 0 aliphatic heterocycles. The van der Waals surface area contributed by atoms with Crippen molar-refractivity contribution in [1.82, 2.24) is 0 Å². The topological polar surface area (TPSA) is 54.4 Å². The Morgan fingerprint density at radius 2 is 1.68 bits per heavy atom. The minimum Gasteiger partial charge on any atom is -0.288 e. The molecule has 0 bridgehead atoms. The second-order valence-electron chi connectivity index (χ2n) is 5.54. The van der Waals surface area contributed by atoms with E-state index in [0.717, 1.165) is 22.3 Å². The molecule has 0 saturated heterocycles. The van der Waals surface area contributed by atoms with Gasteiger partial charge in [-0.2, -0.15) is 4.89 Å². The highest BCUT2D eigenvalue weighted by molar-refractivity contribution is 7.47. The zero-order valence-corrected chi connectivity index (χ0v) is 14.2. The third kappa shape index (κ3) is 3.01. The van der Waals surface area contributed by atoms with Gasteiger partial charge in [0.15, 0.2) is 5.78 Å². The first kappa shape index (κ1) is 16.5. The summed E-state index contributed by atoms with van der Waals surface area (Å²) >= 11 is 0. The predicted molar refractivity (Wildman–Crippen MR) is 89.4 cm³/mol. The van der Waals surface area contributed by atoms with Crippen LogP contribution in [0.1, 0.15) is 45.1 Å². The van der Waals surface area contributed by atoms with Gasteiger partial charge in [-0.3, -0.25) is 4.79 Å². The molecule has 0 fully saturated rings. The SMILES string of the molecule is CCc1cccc([P+](=O)O)c1C(=O)c1c(C)cc(C)cc1C. The lowest BCUT2D eigenvalue weighted by Gasteiger charge is -2.12. The first-order valence-electron chi connectivity index (χ1n) is 7.27.